The number of hydrogen-bond acceptors (Lipinski definition) is 1. The summed E-state index contributed by atoms with van der Waals surface area (Å²) in [5.41, 5.74) is -2.97. The van der Waals surface area contributed by atoms with Crippen LogP contribution < -0.4 is 0 Å². The van der Waals surface area contributed by atoms with Crippen molar-refractivity contribution in [2.75, 3.05) is 6.16 Å². The molecule has 3 aromatic carbocycles. The largest absolute Gasteiger partial charge is 0.421 e. The van der Waals surface area contributed by atoms with Gasteiger partial charge in [0.1, 0.15) is 0 Å². The van der Waals surface area contributed by atoms with Crippen LogP contribution in [0.1, 0.15) is 47.1 Å². The van der Waals surface area contributed by atoms with Gasteiger partial charge in [-0.3, -0.25) is 0 Å². The fraction of sp³-hybridized carbons (Fsp3) is 0.440. The Morgan fingerprint density at radius 2 is 1.13 bits per heavy atom. The summed E-state index contributed by atoms with van der Waals surface area (Å²) in [4.78, 5) is 0. The number of halogens is 3. The molecule has 0 bridgehead atoms. The van der Waals surface area contributed by atoms with Crippen molar-refractivity contribution in [2.45, 2.75) is 63.6 Å². The standard InChI is InChI=1S/C25H30F3OP/c1-22(2,3)30(23(4,5)6)16-24(29,25(26,27)28)21-19-13-9-7-11-17(19)15-18-12-8-10-14-20(18)21/h7-15,29H,16H2,1-6H3. The molecule has 0 spiro atoms. The molecule has 0 saturated carbocycles. The van der Waals surface area contributed by atoms with Crippen LogP contribution in [0.15, 0.2) is 54.6 Å². The quantitative estimate of drug-likeness (QED) is 0.329. The van der Waals surface area contributed by atoms with Gasteiger partial charge in [-0.1, -0.05) is 98.0 Å². The van der Waals surface area contributed by atoms with Crippen molar-refractivity contribution in [1.82, 2.24) is 0 Å². The lowest BCUT2D eigenvalue weighted by atomic mass is 9.85. The number of fused-ring (bicyclic) bond motifs is 2. The summed E-state index contributed by atoms with van der Waals surface area (Å²) in [6.07, 6.45) is -5.15. The summed E-state index contributed by atoms with van der Waals surface area (Å²) >= 11 is 0. The summed E-state index contributed by atoms with van der Waals surface area (Å²) in [7, 11) is -1.20. The van der Waals surface area contributed by atoms with E-state index in [-0.39, 0.29) is 22.0 Å². The molecule has 5 heteroatoms. The summed E-state index contributed by atoms with van der Waals surface area (Å²) < 4.78 is 44.2. The fourth-order valence-corrected chi connectivity index (χ4v) is 8.24. The normalized spacial score (nSPS) is 15.7. The molecule has 0 aromatic heterocycles. The molecule has 0 fully saturated rings. The molecule has 0 aliphatic carbocycles. The van der Waals surface area contributed by atoms with Gasteiger partial charge in [-0.15, -0.1) is 0 Å². The highest BCUT2D eigenvalue weighted by atomic mass is 31.1. The van der Waals surface area contributed by atoms with Crippen molar-refractivity contribution in [1.29, 1.82) is 0 Å². The predicted molar refractivity (Wildman–Crippen MR) is 123 cm³/mol. The molecule has 0 heterocycles. The molecule has 30 heavy (non-hydrogen) atoms. The monoisotopic (exact) mass is 434 g/mol. The average Bonchev–Trinajstić information content (AvgIpc) is 2.61. The van der Waals surface area contributed by atoms with E-state index in [4.69, 9.17) is 0 Å². The molecule has 1 unspecified atom stereocenters. The second-order valence-electron chi connectivity index (χ2n) is 9.98. The molecular weight excluding hydrogens is 404 g/mol. The highest BCUT2D eigenvalue weighted by Crippen LogP contribution is 2.64. The molecule has 1 N–H and O–H groups in total. The molecule has 0 saturated heterocycles. The summed E-state index contributed by atoms with van der Waals surface area (Å²) in [6, 6.07) is 15.9. The van der Waals surface area contributed by atoms with Gasteiger partial charge in [0.15, 0.2) is 5.60 Å². The molecule has 0 aliphatic rings. The smallest absolute Gasteiger partial charge is 0.376 e. The van der Waals surface area contributed by atoms with Crippen molar-refractivity contribution >= 4 is 29.5 Å². The maximum absolute atomic E-state index is 14.7. The minimum absolute atomic E-state index is 0.0234. The first-order chi connectivity index (χ1) is 13.7. The van der Waals surface area contributed by atoms with E-state index in [2.05, 4.69) is 0 Å². The van der Waals surface area contributed by atoms with E-state index < -0.39 is 19.7 Å². The Bertz CT molecular complexity index is 992. The van der Waals surface area contributed by atoms with Crippen LogP contribution >= 0.6 is 7.92 Å². The first-order valence-corrected chi connectivity index (χ1v) is 11.7. The summed E-state index contributed by atoms with van der Waals surface area (Å²) in [5, 5.41) is 13.2. The number of rotatable bonds is 3. The Hall–Kier alpha value is -1.64. The Balaban J connectivity index is 2.40. The van der Waals surface area contributed by atoms with E-state index in [9.17, 15) is 18.3 Å². The van der Waals surface area contributed by atoms with E-state index in [1.165, 1.54) is 0 Å². The lowest BCUT2D eigenvalue weighted by Gasteiger charge is -2.46. The highest BCUT2D eigenvalue weighted by molar-refractivity contribution is 7.60. The van der Waals surface area contributed by atoms with Gasteiger partial charge in [0, 0.05) is 11.7 Å². The van der Waals surface area contributed by atoms with Crippen LogP contribution in [0.4, 0.5) is 13.2 Å². The number of alkyl halides is 3. The molecule has 3 aromatic rings. The third-order valence-corrected chi connectivity index (χ3v) is 9.67. The van der Waals surface area contributed by atoms with Crippen molar-refractivity contribution in [3.05, 3.63) is 60.2 Å². The van der Waals surface area contributed by atoms with Crippen LogP contribution in [0.5, 0.6) is 0 Å². The molecule has 0 aliphatic heterocycles. The molecule has 3 rings (SSSR count). The zero-order valence-corrected chi connectivity index (χ0v) is 19.3. The second-order valence-corrected chi connectivity index (χ2v) is 13.8. The molecular formula is C25H30F3OP. The van der Waals surface area contributed by atoms with Crippen LogP contribution in [0, 0.1) is 0 Å². The van der Waals surface area contributed by atoms with Gasteiger partial charge in [0.05, 0.1) is 0 Å². The minimum atomic E-state index is -4.81. The van der Waals surface area contributed by atoms with Crippen molar-refractivity contribution < 1.29 is 18.3 Å². The third-order valence-electron chi connectivity index (χ3n) is 5.66. The first-order valence-electron chi connectivity index (χ1n) is 10.1. The van der Waals surface area contributed by atoms with E-state index in [0.717, 1.165) is 0 Å². The van der Waals surface area contributed by atoms with Crippen LogP contribution in [0.2, 0.25) is 0 Å². The molecule has 1 atom stereocenters. The van der Waals surface area contributed by atoms with Gasteiger partial charge >= 0.3 is 6.18 Å². The predicted octanol–water partition coefficient (Wildman–Crippen LogP) is 7.82. The Kier molecular flexibility index (Phi) is 5.76. The lowest BCUT2D eigenvalue weighted by Crippen LogP contribution is -2.48. The Labute approximate surface area is 178 Å². The van der Waals surface area contributed by atoms with Gasteiger partial charge in [-0.2, -0.15) is 13.2 Å². The van der Waals surface area contributed by atoms with Crippen LogP contribution in [0.3, 0.4) is 0 Å². The van der Waals surface area contributed by atoms with E-state index in [1.54, 1.807) is 36.4 Å². The van der Waals surface area contributed by atoms with Gasteiger partial charge in [0.25, 0.3) is 0 Å². The van der Waals surface area contributed by atoms with E-state index in [1.807, 2.05) is 59.7 Å². The number of benzene rings is 3. The van der Waals surface area contributed by atoms with E-state index >= 15 is 0 Å². The van der Waals surface area contributed by atoms with Gasteiger partial charge in [-0.05, 0) is 37.9 Å². The van der Waals surface area contributed by atoms with Crippen LogP contribution in [-0.4, -0.2) is 27.8 Å². The number of aliphatic hydroxyl groups is 1. The molecule has 162 valence electrons. The number of hydrogen-bond donors (Lipinski definition) is 1. The van der Waals surface area contributed by atoms with Crippen molar-refractivity contribution in [2.24, 2.45) is 0 Å². The molecule has 0 amide bonds. The van der Waals surface area contributed by atoms with Gasteiger partial charge in [-0.25, -0.2) is 0 Å². The minimum Gasteiger partial charge on any atom is -0.376 e. The topological polar surface area (TPSA) is 20.2 Å². The zero-order chi connectivity index (χ0) is 22.5. The fourth-order valence-electron chi connectivity index (χ4n) is 4.48. The SMILES string of the molecule is CC(C)(C)P(CC(O)(c1c2ccccc2cc2ccccc12)C(F)(F)F)C(C)(C)C. The third kappa shape index (κ3) is 4.09. The van der Waals surface area contributed by atoms with Crippen LogP contribution in [-0.2, 0) is 5.60 Å². The van der Waals surface area contributed by atoms with Crippen molar-refractivity contribution in [3.8, 4) is 0 Å². The Morgan fingerprint density at radius 3 is 1.50 bits per heavy atom. The second kappa shape index (κ2) is 7.50. The lowest BCUT2D eigenvalue weighted by molar-refractivity contribution is -0.256. The average molecular weight is 434 g/mol. The summed E-state index contributed by atoms with van der Waals surface area (Å²) in [6.45, 7) is 11.8. The van der Waals surface area contributed by atoms with Gasteiger partial charge in [0.2, 0.25) is 0 Å². The summed E-state index contributed by atoms with van der Waals surface area (Å²) in [5.74, 6) is 0. The maximum Gasteiger partial charge on any atom is 0.421 e. The molecule has 0 radical (unpaired) electrons. The van der Waals surface area contributed by atoms with Gasteiger partial charge < -0.3 is 5.11 Å². The maximum atomic E-state index is 14.7. The van der Waals surface area contributed by atoms with Crippen molar-refractivity contribution in [3.63, 3.8) is 0 Å². The van der Waals surface area contributed by atoms with E-state index in [0.29, 0.717) is 21.5 Å². The zero-order valence-electron chi connectivity index (χ0n) is 18.4. The van der Waals surface area contributed by atoms with Crippen LogP contribution in [0.25, 0.3) is 21.5 Å². The first kappa shape index (κ1) is 23.0. The Morgan fingerprint density at radius 1 is 0.733 bits per heavy atom. The molecule has 1 nitrogen and oxygen atoms in total. The highest BCUT2D eigenvalue weighted by Gasteiger charge is 2.58.